The zero-order valence-electron chi connectivity index (χ0n) is 12.1. The molecule has 1 aromatic rings. The van der Waals surface area contributed by atoms with E-state index in [1.165, 1.54) is 19.3 Å². The zero-order valence-corrected chi connectivity index (χ0v) is 12.1. The quantitative estimate of drug-likeness (QED) is 0.877. The van der Waals surface area contributed by atoms with Crippen molar-refractivity contribution in [1.29, 1.82) is 0 Å². The van der Waals surface area contributed by atoms with E-state index in [2.05, 4.69) is 17.3 Å². The van der Waals surface area contributed by atoms with Crippen LogP contribution in [0.5, 0.6) is 0 Å². The van der Waals surface area contributed by atoms with Crippen molar-refractivity contribution in [1.82, 2.24) is 15.1 Å². The number of nitrogens with zero attached hydrogens (tertiary/aromatic N) is 2. The Hall–Kier alpha value is -1.52. The summed E-state index contributed by atoms with van der Waals surface area (Å²) in [5.74, 6) is 0.499. The molecule has 0 aliphatic heterocycles. The van der Waals surface area contributed by atoms with Crippen LogP contribution in [0.3, 0.4) is 0 Å². The van der Waals surface area contributed by atoms with Crippen molar-refractivity contribution >= 4 is 11.6 Å². The second-order valence-corrected chi connectivity index (χ2v) is 5.50. The first-order valence-corrected chi connectivity index (χ1v) is 7.14. The smallest absolute Gasteiger partial charge is 0.271 e. The number of rotatable bonds is 3. The van der Waals surface area contributed by atoms with Crippen LogP contribution >= 0.6 is 0 Å². The van der Waals surface area contributed by atoms with Crippen molar-refractivity contribution in [2.24, 2.45) is 13.0 Å². The highest BCUT2D eigenvalue weighted by Gasteiger charge is 2.27. The fourth-order valence-corrected chi connectivity index (χ4v) is 3.07. The second-order valence-electron chi connectivity index (χ2n) is 5.50. The molecule has 5 nitrogen and oxygen atoms in total. The van der Waals surface area contributed by atoms with E-state index in [9.17, 15) is 4.79 Å². The Bertz CT molecular complexity index is 466. The predicted octanol–water partition coefficient (Wildman–Crippen LogP) is 2.01. The molecule has 2 rings (SSSR count). The normalized spacial score (nSPS) is 23.3. The average Bonchev–Trinajstić information content (AvgIpc) is 2.64. The Morgan fingerprint density at radius 3 is 2.74 bits per heavy atom. The molecule has 0 aromatic carbocycles. The van der Waals surface area contributed by atoms with Crippen molar-refractivity contribution in [3.63, 3.8) is 0 Å². The number of nitrogen functional groups attached to an aromatic ring is 1. The summed E-state index contributed by atoms with van der Waals surface area (Å²) in [4.78, 5) is 12.4. The molecule has 5 heteroatoms. The van der Waals surface area contributed by atoms with Crippen LogP contribution in [0.15, 0.2) is 0 Å². The minimum absolute atomic E-state index is 0.0917. The van der Waals surface area contributed by atoms with Gasteiger partial charge in [0, 0.05) is 13.1 Å². The summed E-state index contributed by atoms with van der Waals surface area (Å²) in [7, 11) is 1.76. The molecule has 1 saturated carbocycles. The van der Waals surface area contributed by atoms with Gasteiger partial charge in [0.05, 0.1) is 11.4 Å². The topological polar surface area (TPSA) is 72.9 Å². The molecule has 0 spiro atoms. The second kappa shape index (κ2) is 5.63. The Morgan fingerprint density at radius 2 is 2.16 bits per heavy atom. The van der Waals surface area contributed by atoms with Gasteiger partial charge in [-0.15, -0.1) is 0 Å². The van der Waals surface area contributed by atoms with Gasteiger partial charge in [-0.3, -0.25) is 9.48 Å². The molecule has 0 bridgehead atoms. The number of nitrogens with one attached hydrogen (secondary N) is 1. The summed E-state index contributed by atoms with van der Waals surface area (Å²) in [6.07, 6.45) is 5.87. The number of aromatic nitrogens is 2. The van der Waals surface area contributed by atoms with E-state index in [1.807, 2.05) is 6.92 Å². The maximum Gasteiger partial charge on any atom is 0.271 e. The third-order valence-corrected chi connectivity index (χ3v) is 4.23. The summed E-state index contributed by atoms with van der Waals surface area (Å²) in [6, 6.07) is 0.279. The number of hydrogen-bond donors (Lipinski definition) is 2. The molecule has 1 heterocycles. The average molecular weight is 264 g/mol. The molecule has 19 heavy (non-hydrogen) atoms. The summed E-state index contributed by atoms with van der Waals surface area (Å²) in [5.41, 5.74) is 7.62. The number of carbonyl (C=O) groups is 1. The largest absolute Gasteiger partial charge is 0.395 e. The van der Waals surface area contributed by atoms with Gasteiger partial charge in [0.15, 0.2) is 0 Å². The highest BCUT2D eigenvalue weighted by atomic mass is 16.2. The van der Waals surface area contributed by atoms with Crippen LogP contribution in [0.25, 0.3) is 0 Å². The van der Waals surface area contributed by atoms with E-state index in [-0.39, 0.29) is 11.9 Å². The van der Waals surface area contributed by atoms with Crippen LogP contribution in [0.4, 0.5) is 5.69 Å². The predicted molar refractivity (Wildman–Crippen MR) is 75.9 cm³/mol. The molecule has 1 aliphatic rings. The SMILES string of the molecule is CCC1CCCCC1NC(=O)c1c(N)c(C)nn1C. The van der Waals surface area contributed by atoms with E-state index in [0.717, 1.165) is 12.8 Å². The molecular formula is C14H24N4O. The first-order valence-electron chi connectivity index (χ1n) is 7.14. The Kier molecular flexibility index (Phi) is 4.12. The van der Waals surface area contributed by atoms with Gasteiger partial charge in [0.25, 0.3) is 5.91 Å². The van der Waals surface area contributed by atoms with Crippen LogP contribution in [0, 0.1) is 12.8 Å². The Balaban J connectivity index is 2.12. The lowest BCUT2D eigenvalue weighted by molar-refractivity contribution is 0.0896. The van der Waals surface area contributed by atoms with Crippen LogP contribution in [-0.4, -0.2) is 21.7 Å². The highest BCUT2D eigenvalue weighted by molar-refractivity contribution is 5.98. The first-order chi connectivity index (χ1) is 9.04. The Labute approximate surface area is 114 Å². The van der Waals surface area contributed by atoms with Crippen LogP contribution in [0.2, 0.25) is 0 Å². The van der Waals surface area contributed by atoms with Crippen molar-refractivity contribution in [2.45, 2.75) is 52.0 Å². The Morgan fingerprint density at radius 1 is 1.47 bits per heavy atom. The molecular weight excluding hydrogens is 240 g/mol. The lowest BCUT2D eigenvalue weighted by Crippen LogP contribution is -2.42. The van der Waals surface area contributed by atoms with Gasteiger partial charge in [-0.05, 0) is 25.7 Å². The summed E-state index contributed by atoms with van der Waals surface area (Å²) < 4.78 is 1.57. The number of aryl methyl sites for hydroxylation is 2. The van der Waals surface area contributed by atoms with E-state index in [0.29, 0.717) is 23.0 Å². The number of anilines is 1. The minimum atomic E-state index is -0.0917. The summed E-state index contributed by atoms with van der Waals surface area (Å²) >= 11 is 0. The van der Waals surface area contributed by atoms with Gasteiger partial charge in [-0.25, -0.2) is 0 Å². The van der Waals surface area contributed by atoms with Gasteiger partial charge in [-0.1, -0.05) is 26.2 Å². The summed E-state index contributed by atoms with van der Waals surface area (Å²) in [5, 5.41) is 7.35. The zero-order chi connectivity index (χ0) is 14.0. The number of nitrogens with two attached hydrogens (primary N) is 1. The van der Waals surface area contributed by atoms with Crippen molar-refractivity contribution in [2.75, 3.05) is 5.73 Å². The van der Waals surface area contributed by atoms with Crippen LogP contribution in [-0.2, 0) is 7.05 Å². The molecule has 0 radical (unpaired) electrons. The first kappa shape index (κ1) is 13.9. The minimum Gasteiger partial charge on any atom is -0.395 e. The third kappa shape index (κ3) is 2.74. The van der Waals surface area contributed by atoms with Crippen LogP contribution in [0.1, 0.15) is 55.2 Å². The van der Waals surface area contributed by atoms with Crippen molar-refractivity contribution in [3.8, 4) is 0 Å². The number of hydrogen-bond acceptors (Lipinski definition) is 3. The number of amides is 1. The van der Waals surface area contributed by atoms with Gasteiger partial charge in [-0.2, -0.15) is 5.10 Å². The number of carbonyl (C=O) groups excluding carboxylic acids is 1. The molecule has 0 saturated heterocycles. The van der Waals surface area contributed by atoms with Gasteiger partial charge in [0.1, 0.15) is 5.69 Å². The third-order valence-electron chi connectivity index (χ3n) is 4.23. The molecule has 2 unspecified atom stereocenters. The molecule has 2 atom stereocenters. The van der Waals surface area contributed by atoms with E-state index in [4.69, 9.17) is 5.73 Å². The molecule has 1 aliphatic carbocycles. The monoisotopic (exact) mass is 264 g/mol. The fraction of sp³-hybridized carbons (Fsp3) is 0.714. The lowest BCUT2D eigenvalue weighted by Gasteiger charge is -2.31. The van der Waals surface area contributed by atoms with Crippen LogP contribution < -0.4 is 11.1 Å². The molecule has 106 valence electrons. The van der Waals surface area contributed by atoms with Gasteiger partial charge >= 0.3 is 0 Å². The highest BCUT2D eigenvalue weighted by Crippen LogP contribution is 2.27. The van der Waals surface area contributed by atoms with E-state index < -0.39 is 0 Å². The summed E-state index contributed by atoms with van der Waals surface area (Å²) in [6.45, 7) is 4.01. The van der Waals surface area contributed by atoms with E-state index >= 15 is 0 Å². The van der Waals surface area contributed by atoms with Gasteiger partial charge < -0.3 is 11.1 Å². The standard InChI is InChI=1S/C14H24N4O/c1-4-10-7-5-6-8-11(10)16-14(19)13-12(15)9(2)17-18(13)3/h10-11H,4-8,15H2,1-3H3,(H,16,19). The molecule has 1 aromatic heterocycles. The lowest BCUT2D eigenvalue weighted by atomic mass is 9.83. The van der Waals surface area contributed by atoms with Crippen molar-refractivity contribution < 1.29 is 4.79 Å². The maximum absolute atomic E-state index is 12.4. The van der Waals surface area contributed by atoms with Crippen molar-refractivity contribution in [3.05, 3.63) is 11.4 Å². The van der Waals surface area contributed by atoms with E-state index in [1.54, 1.807) is 11.7 Å². The maximum atomic E-state index is 12.4. The fourth-order valence-electron chi connectivity index (χ4n) is 3.07. The molecule has 1 amide bonds. The molecule has 1 fully saturated rings. The van der Waals surface area contributed by atoms with Gasteiger partial charge in [0.2, 0.25) is 0 Å². The molecule has 3 N–H and O–H groups in total.